The van der Waals surface area contributed by atoms with Gasteiger partial charge in [-0.1, -0.05) is 49.7 Å². The summed E-state index contributed by atoms with van der Waals surface area (Å²) in [4.78, 5) is 18.4. The minimum absolute atomic E-state index is 0.00726. The molecular weight excluding hydrogens is 356 g/mol. The Labute approximate surface area is 175 Å². The van der Waals surface area contributed by atoms with Crippen molar-refractivity contribution in [2.75, 3.05) is 31.1 Å². The molecule has 2 aliphatic rings. The second-order valence-electron chi connectivity index (χ2n) is 8.56. The van der Waals surface area contributed by atoms with Gasteiger partial charge in [-0.2, -0.15) is 0 Å². The summed E-state index contributed by atoms with van der Waals surface area (Å²) in [6, 6.07) is 17.2. The van der Waals surface area contributed by atoms with Gasteiger partial charge in [0, 0.05) is 18.8 Å². The highest BCUT2D eigenvalue weighted by Crippen LogP contribution is 2.34. The van der Waals surface area contributed by atoms with Gasteiger partial charge in [-0.05, 0) is 80.4 Å². The molecule has 0 saturated carbocycles. The van der Waals surface area contributed by atoms with Gasteiger partial charge in [-0.15, -0.1) is 0 Å². The lowest BCUT2D eigenvalue weighted by Crippen LogP contribution is -2.43. The zero-order valence-corrected chi connectivity index (χ0v) is 17.8. The average molecular weight is 391 g/mol. The molecule has 0 aromatic heterocycles. The smallest absolute Gasteiger partial charge is 0.234 e. The van der Waals surface area contributed by atoms with Crippen LogP contribution in [0.3, 0.4) is 0 Å². The van der Waals surface area contributed by atoms with Gasteiger partial charge < -0.3 is 9.80 Å². The van der Waals surface area contributed by atoms with Crippen LogP contribution in [-0.2, 0) is 17.6 Å². The molecule has 3 heteroatoms. The molecule has 1 saturated heterocycles. The van der Waals surface area contributed by atoms with Crippen molar-refractivity contribution >= 4 is 11.6 Å². The fourth-order valence-corrected chi connectivity index (χ4v) is 4.90. The molecular formula is C26H34N2O. The van der Waals surface area contributed by atoms with E-state index in [0.717, 1.165) is 44.5 Å². The Kier molecular flexibility index (Phi) is 6.66. The van der Waals surface area contributed by atoms with Crippen molar-refractivity contribution in [2.45, 2.75) is 57.8 Å². The standard InChI is InChI=1S/C26H34N2O/c1-2-21-13-15-23(16-14-21)28(20-19-27-17-6-3-7-18-27)26(29)25-12-8-10-22-9-4-5-11-24(22)25/h4-5,9,11,13-16,25H,2-3,6-8,10,12,17-20H2,1H3. The van der Waals surface area contributed by atoms with Crippen LogP contribution in [0.15, 0.2) is 48.5 Å². The summed E-state index contributed by atoms with van der Waals surface area (Å²) in [6.07, 6.45) is 8.10. The maximum atomic E-state index is 13.8. The fourth-order valence-electron chi connectivity index (χ4n) is 4.90. The van der Waals surface area contributed by atoms with Crippen LogP contribution in [0.1, 0.15) is 61.6 Å². The zero-order valence-electron chi connectivity index (χ0n) is 17.8. The molecule has 2 aromatic carbocycles. The third kappa shape index (κ3) is 4.72. The summed E-state index contributed by atoms with van der Waals surface area (Å²) >= 11 is 0. The first-order valence-corrected chi connectivity index (χ1v) is 11.5. The Morgan fingerprint density at radius 2 is 1.76 bits per heavy atom. The predicted molar refractivity (Wildman–Crippen MR) is 121 cm³/mol. The fraction of sp³-hybridized carbons (Fsp3) is 0.500. The molecule has 1 heterocycles. The van der Waals surface area contributed by atoms with E-state index in [1.165, 1.54) is 49.0 Å². The summed E-state index contributed by atoms with van der Waals surface area (Å²) in [5.41, 5.74) is 4.97. The highest BCUT2D eigenvalue weighted by atomic mass is 16.2. The van der Waals surface area contributed by atoms with E-state index in [4.69, 9.17) is 0 Å². The van der Waals surface area contributed by atoms with Gasteiger partial charge in [0.2, 0.25) is 5.91 Å². The van der Waals surface area contributed by atoms with Crippen molar-refractivity contribution in [3.05, 3.63) is 65.2 Å². The van der Waals surface area contributed by atoms with Crippen LogP contribution in [-0.4, -0.2) is 37.0 Å². The largest absolute Gasteiger partial charge is 0.311 e. The van der Waals surface area contributed by atoms with E-state index >= 15 is 0 Å². The van der Waals surface area contributed by atoms with E-state index < -0.39 is 0 Å². The number of aryl methyl sites for hydroxylation is 2. The Morgan fingerprint density at radius 1 is 1.00 bits per heavy atom. The van der Waals surface area contributed by atoms with Crippen molar-refractivity contribution in [3.63, 3.8) is 0 Å². The van der Waals surface area contributed by atoms with E-state index in [1.807, 2.05) is 0 Å². The molecule has 1 fully saturated rings. The molecule has 1 aliphatic carbocycles. The first kappa shape index (κ1) is 20.2. The molecule has 2 aromatic rings. The van der Waals surface area contributed by atoms with Gasteiger partial charge in [0.15, 0.2) is 0 Å². The average Bonchev–Trinajstić information content (AvgIpc) is 2.80. The van der Waals surface area contributed by atoms with Crippen molar-refractivity contribution in [3.8, 4) is 0 Å². The molecule has 29 heavy (non-hydrogen) atoms. The van der Waals surface area contributed by atoms with Gasteiger partial charge in [0.25, 0.3) is 0 Å². The van der Waals surface area contributed by atoms with E-state index in [1.54, 1.807) is 0 Å². The van der Waals surface area contributed by atoms with Crippen LogP contribution in [0, 0.1) is 0 Å². The maximum absolute atomic E-state index is 13.8. The number of amides is 1. The second-order valence-corrected chi connectivity index (χ2v) is 8.56. The predicted octanol–water partition coefficient (Wildman–Crippen LogP) is 5.19. The van der Waals surface area contributed by atoms with Gasteiger partial charge in [-0.25, -0.2) is 0 Å². The van der Waals surface area contributed by atoms with Crippen LogP contribution in [0.4, 0.5) is 5.69 Å². The summed E-state index contributed by atoms with van der Waals surface area (Å²) in [5.74, 6) is 0.269. The van der Waals surface area contributed by atoms with Gasteiger partial charge in [0.05, 0.1) is 5.92 Å². The molecule has 3 nitrogen and oxygen atoms in total. The lowest BCUT2D eigenvalue weighted by molar-refractivity contribution is -0.120. The van der Waals surface area contributed by atoms with Crippen molar-refractivity contribution in [1.82, 2.24) is 4.90 Å². The number of benzene rings is 2. The number of hydrogen-bond donors (Lipinski definition) is 0. The number of carbonyl (C=O) groups excluding carboxylic acids is 1. The Bertz CT molecular complexity index is 808. The number of likely N-dealkylation sites (tertiary alicyclic amines) is 1. The second kappa shape index (κ2) is 9.58. The highest BCUT2D eigenvalue weighted by Gasteiger charge is 2.30. The van der Waals surface area contributed by atoms with Crippen LogP contribution in [0.5, 0.6) is 0 Å². The van der Waals surface area contributed by atoms with Crippen LogP contribution >= 0.6 is 0 Å². The maximum Gasteiger partial charge on any atom is 0.234 e. The Balaban J connectivity index is 1.57. The number of nitrogens with zero attached hydrogens (tertiary/aromatic N) is 2. The van der Waals surface area contributed by atoms with Gasteiger partial charge >= 0.3 is 0 Å². The molecule has 0 bridgehead atoms. The number of anilines is 1. The lowest BCUT2D eigenvalue weighted by atomic mass is 9.82. The normalized spacial score (nSPS) is 19.6. The summed E-state index contributed by atoms with van der Waals surface area (Å²) < 4.78 is 0. The first-order valence-electron chi connectivity index (χ1n) is 11.5. The molecule has 1 atom stereocenters. The third-order valence-electron chi connectivity index (χ3n) is 6.68. The van der Waals surface area contributed by atoms with E-state index in [-0.39, 0.29) is 11.8 Å². The minimum atomic E-state index is -0.00726. The highest BCUT2D eigenvalue weighted by molar-refractivity contribution is 5.98. The zero-order chi connectivity index (χ0) is 20.1. The molecule has 0 spiro atoms. The SMILES string of the molecule is CCc1ccc(N(CCN2CCCCC2)C(=O)C2CCCc3ccccc32)cc1. The molecule has 1 unspecified atom stereocenters. The quantitative estimate of drug-likeness (QED) is 0.678. The summed E-state index contributed by atoms with van der Waals surface area (Å²) in [5, 5.41) is 0. The number of fused-ring (bicyclic) bond motifs is 1. The van der Waals surface area contributed by atoms with Crippen molar-refractivity contribution in [1.29, 1.82) is 0 Å². The first-order chi connectivity index (χ1) is 14.3. The lowest BCUT2D eigenvalue weighted by Gasteiger charge is -2.33. The minimum Gasteiger partial charge on any atom is -0.311 e. The van der Waals surface area contributed by atoms with Crippen LogP contribution < -0.4 is 4.90 Å². The van der Waals surface area contributed by atoms with Crippen LogP contribution in [0.25, 0.3) is 0 Å². The number of piperidine rings is 1. The van der Waals surface area contributed by atoms with E-state index in [9.17, 15) is 4.79 Å². The topological polar surface area (TPSA) is 23.6 Å². The van der Waals surface area contributed by atoms with Crippen molar-refractivity contribution in [2.24, 2.45) is 0 Å². The molecule has 0 radical (unpaired) electrons. The number of hydrogen-bond acceptors (Lipinski definition) is 2. The van der Waals surface area contributed by atoms with Gasteiger partial charge in [-0.3, -0.25) is 4.79 Å². The Morgan fingerprint density at radius 3 is 2.52 bits per heavy atom. The Hall–Kier alpha value is -2.13. The summed E-state index contributed by atoms with van der Waals surface area (Å²) in [6.45, 7) is 6.26. The third-order valence-corrected chi connectivity index (χ3v) is 6.68. The van der Waals surface area contributed by atoms with E-state index in [0.29, 0.717) is 0 Å². The molecule has 154 valence electrons. The monoisotopic (exact) mass is 390 g/mol. The molecule has 1 aliphatic heterocycles. The number of carbonyl (C=O) groups is 1. The van der Waals surface area contributed by atoms with Crippen LogP contribution in [0.2, 0.25) is 0 Å². The molecule has 1 amide bonds. The summed E-state index contributed by atoms with van der Waals surface area (Å²) in [7, 11) is 0. The van der Waals surface area contributed by atoms with Crippen molar-refractivity contribution < 1.29 is 4.79 Å². The molecule has 0 N–H and O–H groups in total. The molecule has 4 rings (SSSR count). The van der Waals surface area contributed by atoms with E-state index in [2.05, 4.69) is 65.3 Å². The number of rotatable bonds is 6. The van der Waals surface area contributed by atoms with Gasteiger partial charge in [0.1, 0.15) is 0 Å².